The molecule has 2 aromatic carbocycles. The van der Waals surface area contributed by atoms with Gasteiger partial charge in [0.25, 0.3) is 5.56 Å². The summed E-state index contributed by atoms with van der Waals surface area (Å²) in [5, 5.41) is 2.94. The first-order valence-corrected chi connectivity index (χ1v) is 11.8. The number of hydrogen-bond acceptors (Lipinski definition) is 5. The number of amides is 1. The van der Waals surface area contributed by atoms with Crippen LogP contribution in [0.3, 0.4) is 0 Å². The number of H-pyrrole nitrogens is 1. The Bertz CT molecular complexity index is 1400. The van der Waals surface area contributed by atoms with Crippen LogP contribution in [0.1, 0.15) is 24.8 Å². The van der Waals surface area contributed by atoms with Gasteiger partial charge >= 0.3 is 5.69 Å². The van der Waals surface area contributed by atoms with Crippen LogP contribution in [0.4, 0.5) is 5.69 Å². The van der Waals surface area contributed by atoms with Gasteiger partial charge in [-0.25, -0.2) is 13.2 Å². The zero-order valence-electron chi connectivity index (χ0n) is 17.6. The summed E-state index contributed by atoms with van der Waals surface area (Å²) in [4.78, 5) is 40.3. The number of nitrogens with zero attached hydrogens (tertiary/aromatic N) is 2. The highest BCUT2D eigenvalue weighted by molar-refractivity contribution is 7.89. The largest absolute Gasteiger partial charge is 0.329 e. The van der Waals surface area contributed by atoms with Gasteiger partial charge in [-0.05, 0) is 49.6 Å². The highest BCUT2D eigenvalue weighted by atomic mass is 32.2. The molecule has 2 heterocycles. The molecule has 0 unspecified atom stereocenters. The number of sulfonamides is 1. The summed E-state index contributed by atoms with van der Waals surface area (Å²) in [6.07, 6.45) is 2.65. The summed E-state index contributed by atoms with van der Waals surface area (Å²) < 4.78 is 28.2. The molecule has 0 bridgehead atoms. The number of anilines is 1. The van der Waals surface area contributed by atoms with Crippen molar-refractivity contribution in [3.05, 3.63) is 68.9 Å². The van der Waals surface area contributed by atoms with Crippen LogP contribution in [0.15, 0.2) is 56.9 Å². The fourth-order valence-corrected chi connectivity index (χ4v) is 5.37. The third-order valence-corrected chi connectivity index (χ3v) is 7.52. The molecule has 0 aliphatic carbocycles. The van der Waals surface area contributed by atoms with Crippen LogP contribution in [0.5, 0.6) is 0 Å². The number of para-hydroxylation sites is 1. The lowest BCUT2D eigenvalue weighted by atomic mass is 10.2. The molecule has 9 nitrogen and oxygen atoms in total. The first-order valence-electron chi connectivity index (χ1n) is 10.4. The smallest absolute Gasteiger partial charge is 0.324 e. The molecule has 0 atom stereocenters. The molecule has 2 N–H and O–H groups in total. The van der Waals surface area contributed by atoms with Gasteiger partial charge in [-0.1, -0.05) is 24.6 Å². The minimum atomic E-state index is -3.66. The zero-order valence-corrected chi connectivity index (χ0v) is 18.4. The standard InChI is InChI=1S/C22H24N4O5S/c1-15-9-10-16(32(30,31)25-11-5-2-6-12-25)13-19(15)23-20(27)14-26-21(28)17-7-3-4-8-18(17)24-22(26)29/h3-4,7-10,13H,2,5-6,11-12,14H2,1H3,(H,23,27)(H,24,29). The van der Waals surface area contributed by atoms with Gasteiger partial charge in [0.2, 0.25) is 15.9 Å². The number of fused-ring (bicyclic) bond motifs is 1. The Hall–Kier alpha value is -3.24. The van der Waals surface area contributed by atoms with Crippen LogP contribution in [-0.2, 0) is 21.4 Å². The monoisotopic (exact) mass is 456 g/mol. The third kappa shape index (κ3) is 4.23. The molecule has 1 saturated heterocycles. The van der Waals surface area contributed by atoms with Crippen LogP contribution >= 0.6 is 0 Å². The fourth-order valence-electron chi connectivity index (χ4n) is 3.83. The number of rotatable bonds is 5. The Morgan fingerprint density at radius 1 is 1.06 bits per heavy atom. The molecular formula is C22H24N4O5S. The van der Waals surface area contributed by atoms with E-state index in [9.17, 15) is 22.8 Å². The molecule has 168 valence electrons. The quantitative estimate of drug-likeness (QED) is 0.607. The highest BCUT2D eigenvalue weighted by Crippen LogP contribution is 2.25. The second-order valence-electron chi connectivity index (χ2n) is 7.86. The van der Waals surface area contributed by atoms with E-state index in [0.717, 1.165) is 23.8 Å². The molecular weight excluding hydrogens is 432 g/mol. The lowest BCUT2D eigenvalue weighted by Crippen LogP contribution is -2.38. The number of piperidine rings is 1. The lowest BCUT2D eigenvalue weighted by molar-refractivity contribution is -0.116. The van der Waals surface area contributed by atoms with Crippen molar-refractivity contribution >= 4 is 32.5 Å². The molecule has 0 radical (unpaired) electrons. The number of carbonyl (C=O) groups is 1. The van der Waals surface area contributed by atoms with E-state index in [1.807, 2.05) is 0 Å². The van der Waals surface area contributed by atoms with Crippen molar-refractivity contribution < 1.29 is 13.2 Å². The van der Waals surface area contributed by atoms with E-state index in [-0.39, 0.29) is 4.90 Å². The van der Waals surface area contributed by atoms with Crippen molar-refractivity contribution in [2.24, 2.45) is 0 Å². The Labute approximate surface area is 184 Å². The van der Waals surface area contributed by atoms with E-state index in [4.69, 9.17) is 0 Å². The van der Waals surface area contributed by atoms with Crippen molar-refractivity contribution in [1.82, 2.24) is 13.9 Å². The van der Waals surface area contributed by atoms with Crippen molar-refractivity contribution in [3.8, 4) is 0 Å². The van der Waals surface area contributed by atoms with Gasteiger partial charge in [0.15, 0.2) is 0 Å². The molecule has 1 aliphatic rings. The number of nitrogens with one attached hydrogen (secondary N) is 2. The summed E-state index contributed by atoms with van der Waals surface area (Å²) in [6.45, 7) is 2.20. The maximum Gasteiger partial charge on any atom is 0.329 e. The van der Waals surface area contributed by atoms with Gasteiger partial charge in [-0.2, -0.15) is 4.31 Å². The minimum Gasteiger partial charge on any atom is -0.324 e. The number of benzene rings is 2. The van der Waals surface area contributed by atoms with Gasteiger partial charge in [0.05, 0.1) is 15.8 Å². The van der Waals surface area contributed by atoms with Gasteiger partial charge < -0.3 is 10.3 Å². The van der Waals surface area contributed by atoms with E-state index in [1.54, 1.807) is 37.3 Å². The topological polar surface area (TPSA) is 121 Å². The summed E-state index contributed by atoms with van der Waals surface area (Å²) in [5.74, 6) is -0.608. The molecule has 3 aromatic rings. The molecule has 0 saturated carbocycles. The Kier molecular flexibility index (Phi) is 5.98. The SMILES string of the molecule is Cc1ccc(S(=O)(=O)N2CCCCC2)cc1NC(=O)Cn1c(=O)[nH]c2ccccc2c1=O. The number of aromatic amines is 1. The van der Waals surface area contributed by atoms with Crippen molar-refractivity contribution in [1.29, 1.82) is 0 Å². The van der Waals surface area contributed by atoms with Crippen molar-refractivity contribution in [3.63, 3.8) is 0 Å². The van der Waals surface area contributed by atoms with Crippen LogP contribution in [0.25, 0.3) is 10.9 Å². The van der Waals surface area contributed by atoms with E-state index in [1.165, 1.54) is 16.4 Å². The number of aryl methyl sites for hydroxylation is 1. The average molecular weight is 457 g/mol. The van der Waals surface area contributed by atoms with Gasteiger partial charge in [-0.15, -0.1) is 0 Å². The second kappa shape index (κ2) is 8.71. The fraction of sp³-hybridized carbons (Fsp3) is 0.318. The van der Waals surface area contributed by atoms with E-state index < -0.39 is 33.7 Å². The third-order valence-electron chi connectivity index (χ3n) is 5.63. The molecule has 0 spiro atoms. The number of aromatic nitrogens is 2. The maximum absolute atomic E-state index is 13.0. The molecule has 10 heteroatoms. The van der Waals surface area contributed by atoms with Crippen LogP contribution < -0.4 is 16.6 Å². The highest BCUT2D eigenvalue weighted by Gasteiger charge is 2.26. The zero-order chi connectivity index (χ0) is 22.9. The number of hydrogen-bond donors (Lipinski definition) is 2. The number of carbonyl (C=O) groups excluding carboxylic acids is 1. The van der Waals surface area contributed by atoms with Gasteiger partial charge in [0.1, 0.15) is 6.54 Å². The lowest BCUT2D eigenvalue weighted by Gasteiger charge is -2.26. The summed E-state index contributed by atoms with van der Waals surface area (Å²) >= 11 is 0. The summed E-state index contributed by atoms with van der Waals surface area (Å²) in [5.41, 5.74) is 0.110. The van der Waals surface area contributed by atoms with Gasteiger partial charge in [0, 0.05) is 18.8 Å². The first-order chi connectivity index (χ1) is 15.3. The molecule has 1 aromatic heterocycles. The van der Waals surface area contributed by atoms with E-state index in [0.29, 0.717) is 35.2 Å². The van der Waals surface area contributed by atoms with Crippen molar-refractivity contribution in [2.45, 2.75) is 37.6 Å². The van der Waals surface area contributed by atoms with E-state index >= 15 is 0 Å². The van der Waals surface area contributed by atoms with E-state index in [2.05, 4.69) is 10.3 Å². The normalized spacial score (nSPS) is 15.0. The first kappa shape index (κ1) is 22.0. The second-order valence-corrected chi connectivity index (χ2v) is 9.79. The summed E-state index contributed by atoms with van der Waals surface area (Å²) in [6, 6.07) is 11.1. The molecule has 1 aliphatic heterocycles. The predicted molar refractivity (Wildman–Crippen MR) is 121 cm³/mol. The molecule has 1 fully saturated rings. The molecule has 32 heavy (non-hydrogen) atoms. The van der Waals surface area contributed by atoms with Crippen LogP contribution in [0, 0.1) is 6.92 Å². The average Bonchev–Trinajstić information content (AvgIpc) is 2.78. The summed E-state index contributed by atoms with van der Waals surface area (Å²) in [7, 11) is -3.66. The van der Waals surface area contributed by atoms with Crippen LogP contribution in [-0.4, -0.2) is 41.3 Å². The Balaban J connectivity index is 1.59. The van der Waals surface area contributed by atoms with Crippen molar-refractivity contribution in [2.75, 3.05) is 18.4 Å². The molecule has 1 amide bonds. The minimum absolute atomic E-state index is 0.0982. The molecule has 4 rings (SSSR count). The Morgan fingerprint density at radius 3 is 2.53 bits per heavy atom. The predicted octanol–water partition coefficient (Wildman–Crippen LogP) is 1.81. The maximum atomic E-state index is 13.0. The van der Waals surface area contributed by atoms with Crippen LogP contribution in [0.2, 0.25) is 0 Å². The van der Waals surface area contributed by atoms with Gasteiger partial charge in [-0.3, -0.25) is 14.2 Å². The Morgan fingerprint density at radius 2 is 1.78 bits per heavy atom.